The fraction of sp³-hybridized carbons (Fsp3) is 0.421. The standard InChI is InChI=1S/C19H22N6O2/c1-4-17-22-23-19(27-17)25-9-7-24(8-10-25)18(26)14-5-6-15-16(11-14)21-13(3)12(2)20-15/h5-6,11H,4,7-10H2,1-3H3. The van der Waals surface area contributed by atoms with Gasteiger partial charge in [0.2, 0.25) is 5.89 Å². The third-order valence-corrected chi connectivity index (χ3v) is 4.92. The van der Waals surface area contributed by atoms with Crippen LogP contribution in [0.5, 0.6) is 0 Å². The average molecular weight is 366 g/mol. The summed E-state index contributed by atoms with van der Waals surface area (Å²) < 4.78 is 5.61. The summed E-state index contributed by atoms with van der Waals surface area (Å²) in [7, 11) is 0. The lowest BCUT2D eigenvalue weighted by atomic mass is 10.1. The van der Waals surface area contributed by atoms with E-state index in [0.29, 0.717) is 43.6 Å². The van der Waals surface area contributed by atoms with Crippen molar-refractivity contribution in [2.75, 3.05) is 31.1 Å². The Labute approximate surface area is 157 Å². The maximum atomic E-state index is 12.9. The summed E-state index contributed by atoms with van der Waals surface area (Å²) in [5.41, 5.74) is 3.99. The normalized spacial score (nSPS) is 14.8. The molecule has 1 amide bonds. The SMILES string of the molecule is CCc1nnc(N2CCN(C(=O)c3ccc4nc(C)c(C)nc4c3)CC2)o1. The van der Waals surface area contributed by atoms with Crippen LogP contribution in [0.25, 0.3) is 11.0 Å². The lowest BCUT2D eigenvalue weighted by Crippen LogP contribution is -2.49. The van der Waals surface area contributed by atoms with Gasteiger partial charge in [-0.05, 0) is 32.0 Å². The minimum absolute atomic E-state index is 0.0105. The average Bonchev–Trinajstić information content (AvgIpc) is 3.17. The summed E-state index contributed by atoms with van der Waals surface area (Å²) >= 11 is 0. The Kier molecular flexibility index (Phi) is 4.47. The molecule has 0 N–H and O–H groups in total. The first-order valence-electron chi connectivity index (χ1n) is 9.16. The third-order valence-electron chi connectivity index (χ3n) is 4.92. The molecular formula is C19H22N6O2. The Morgan fingerprint density at radius 1 is 1.04 bits per heavy atom. The Bertz CT molecular complexity index is 991. The molecule has 0 bridgehead atoms. The maximum Gasteiger partial charge on any atom is 0.318 e. The molecule has 3 aromatic rings. The number of nitrogens with zero attached hydrogens (tertiary/aromatic N) is 6. The highest BCUT2D eigenvalue weighted by Gasteiger charge is 2.25. The van der Waals surface area contributed by atoms with Crippen molar-refractivity contribution in [2.45, 2.75) is 27.2 Å². The number of carbonyl (C=O) groups excluding carboxylic acids is 1. The maximum absolute atomic E-state index is 12.9. The van der Waals surface area contributed by atoms with E-state index in [4.69, 9.17) is 4.42 Å². The number of piperazine rings is 1. The van der Waals surface area contributed by atoms with Crippen LogP contribution in [-0.2, 0) is 6.42 Å². The topological polar surface area (TPSA) is 88.3 Å². The van der Waals surface area contributed by atoms with Crippen LogP contribution in [0.3, 0.4) is 0 Å². The highest BCUT2D eigenvalue weighted by molar-refractivity contribution is 5.97. The van der Waals surface area contributed by atoms with Gasteiger partial charge >= 0.3 is 6.01 Å². The number of anilines is 1. The Hall–Kier alpha value is -3.03. The second kappa shape index (κ2) is 6.94. The van der Waals surface area contributed by atoms with Crippen LogP contribution in [0.2, 0.25) is 0 Å². The molecule has 27 heavy (non-hydrogen) atoms. The number of benzene rings is 1. The van der Waals surface area contributed by atoms with E-state index in [2.05, 4.69) is 20.2 Å². The van der Waals surface area contributed by atoms with Crippen molar-refractivity contribution in [1.29, 1.82) is 0 Å². The minimum atomic E-state index is 0.0105. The first kappa shape index (κ1) is 17.4. The molecule has 0 radical (unpaired) electrons. The van der Waals surface area contributed by atoms with E-state index >= 15 is 0 Å². The molecule has 0 saturated carbocycles. The van der Waals surface area contributed by atoms with E-state index in [0.717, 1.165) is 28.8 Å². The van der Waals surface area contributed by atoms with Crippen molar-refractivity contribution < 1.29 is 9.21 Å². The van der Waals surface area contributed by atoms with E-state index in [1.165, 1.54) is 0 Å². The molecule has 0 unspecified atom stereocenters. The first-order valence-corrected chi connectivity index (χ1v) is 9.16. The van der Waals surface area contributed by atoms with Crippen LogP contribution >= 0.6 is 0 Å². The predicted molar refractivity (Wildman–Crippen MR) is 101 cm³/mol. The lowest BCUT2D eigenvalue weighted by molar-refractivity contribution is 0.0745. The van der Waals surface area contributed by atoms with Crippen LogP contribution in [0.15, 0.2) is 22.6 Å². The second-order valence-electron chi connectivity index (χ2n) is 6.71. The lowest BCUT2D eigenvalue weighted by Gasteiger charge is -2.33. The van der Waals surface area contributed by atoms with Gasteiger partial charge in [-0.25, -0.2) is 9.97 Å². The molecule has 3 heterocycles. The predicted octanol–water partition coefficient (Wildman–Crippen LogP) is 2.15. The Morgan fingerprint density at radius 2 is 1.74 bits per heavy atom. The Morgan fingerprint density at radius 3 is 2.41 bits per heavy atom. The van der Waals surface area contributed by atoms with E-state index in [1.807, 2.05) is 48.8 Å². The molecule has 0 atom stereocenters. The molecular weight excluding hydrogens is 344 g/mol. The zero-order valence-electron chi connectivity index (χ0n) is 15.8. The van der Waals surface area contributed by atoms with Crippen molar-refractivity contribution in [3.05, 3.63) is 41.0 Å². The van der Waals surface area contributed by atoms with Crippen molar-refractivity contribution in [2.24, 2.45) is 0 Å². The number of aromatic nitrogens is 4. The van der Waals surface area contributed by atoms with Crippen LogP contribution < -0.4 is 4.90 Å². The quantitative estimate of drug-likeness (QED) is 0.702. The molecule has 2 aromatic heterocycles. The summed E-state index contributed by atoms with van der Waals surface area (Å²) in [4.78, 5) is 25.8. The van der Waals surface area contributed by atoms with Crippen LogP contribution in [0.4, 0.5) is 6.01 Å². The monoisotopic (exact) mass is 366 g/mol. The number of hydrogen-bond donors (Lipinski definition) is 0. The third kappa shape index (κ3) is 3.34. The largest absolute Gasteiger partial charge is 0.408 e. The summed E-state index contributed by atoms with van der Waals surface area (Å²) in [6, 6.07) is 6.05. The minimum Gasteiger partial charge on any atom is -0.408 e. The molecule has 1 aliphatic rings. The van der Waals surface area contributed by atoms with E-state index < -0.39 is 0 Å². The number of carbonyl (C=O) groups is 1. The van der Waals surface area contributed by atoms with Gasteiger partial charge in [-0.3, -0.25) is 4.79 Å². The van der Waals surface area contributed by atoms with Gasteiger partial charge in [0.15, 0.2) is 0 Å². The molecule has 1 saturated heterocycles. The fourth-order valence-corrected chi connectivity index (χ4v) is 3.16. The van der Waals surface area contributed by atoms with E-state index in [1.54, 1.807) is 0 Å². The Balaban J connectivity index is 1.47. The molecule has 0 aliphatic carbocycles. The second-order valence-corrected chi connectivity index (χ2v) is 6.71. The van der Waals surface area contributed by atoms with Gasteiger partial charge in [0.1, 0.15) is 0 Å². The molecule has 4 rings (SSSR count). The number of rotatable bonds is 3. The molecule has 1 fully saturated rings. The van der Waals surface area contributed by atoms with Gasteiger partial charge in [0, 0.05) is 38.2 Å². The van der Waals surface area contributed by atoms with E-state index in [9.17, 15) is 4.79 Å². The zero-order chi connectivity index (χ0) is 19.0. The highest BCUT2D eigenvalue weighted by atomic mass is 16.4. The highest BCUT2D eigenvalue weighted by Crippen LogP contribution is 2.19. The van der Waals surface area contributed by atoms with Gasteiger partial charge in [0.05, 0.1) is 22.4 Å². The van der Waals surface area contributed by atoms with E-state index in [-0.39, 0.29) is 5.91 Å². The summed E-state index contributed by atoms with van der Waals surface area (Å²) in [6.45, 7) is 8.40. The van der Waals surface area contributed by atoms with Crippen molar-refractivity contribution in [3.8, 4) is 0 Å². The van der Waals surface area contributed by atoms with Crippen molar-refractivity contribution in [1.82, 2.24) is 25.1 Å². The molecule has 140 valence electrons. The first-order chi connectivity index (χ1) is 13.0. The number of amides is 1. The zero-order valence-corrected chi connectivity index (χ0v) is 15.8. The summed E-state index contributed by atoms with van der Waals surface area (Å²) in [5, 5.41) is 8.08. The van der Waals surface area contributed by atoms with Gasteiger partial charge < -0.3 is 14.2 Å². The number of aryl methyl sites for hydroxylation is 3. The molecule has 8 nitrogen and oxygen atoms in total. The van der Waals surface area contributed by atoms with Crippen LogP contribution in [-0.4, -0.2) is 57.2 Å². The fourth-order valence-electron chi connectivity index (χ4n) is 3.16. The number of hydrogen-bond acceptors (Lipinski definition) is 7. The molecule has 1 aliphatic heterocycles. The van der Waals surface area contributed by atoms with Crippen molar-refractivity contribution in [3.63, 3.8) is 0 Å². The van der Waals surface area contributed by atoms with Gasteiger partial charge in [-0.1, -0.05) is 12.0 Å². The smallest absolute Gasteiger partial charge is 0.318 e. The summed E-state index contributed by atoms with van der Waals surface area (Å²) in [6.07, 6.45) is 0.718. The van der Waals surface area contributed by atoms with Crippen LogP contribution in [0, 0.1) is 13.8 Å². The number of fused-ring (bicyclic) bond motifs is 1. The van der Waals surface area contributed by atoms with Gasteiger partial charge in [-0.15, -0.1) is 5.10 Å². The van der Waals surface area contributed by atoms with Gasteiger partial charge in [-0.2, -0.15) is 0 Å². The molecule has 0 spiro atoms. The van der Waals surface area contributed by atoms with Gasteiger partial charge in [0.25, 0.3) is 5.91 Å². The van der Waals surface area contributed by atoms with Crippen molar-refractivity contribution >= 4 is 23.0 Å². The summed E-state index contributed by atoms with van der Waals surface area (Å²) in [5.74, 6) is 0.641. The molecule has 8 heteroatoms. The molecule has 1 aromatic carbocycles. The van der Waals surface area contributed by atoms with Crippen LogP contribution in [0.1, 0.15) is 34.6 Å².